The van der Waals surface area contributed by atoms with Crippen molar-refractivity contribution in [3.05, 3.63) is 76.8 Å². The van der Waals surface area contributed by atoms with E-state index in [1.165, 1.54) is 9.80 Å². The van der Waals surface area contributed by atoms with Gasteiger partial charge in [-0.25, -0.2) is 0 Å². The van der Waals surface area contributed by atoms with Crippen molar-refractivity contribution in [3.8, 4) is 0 Å². The number of halogens is 1. The molecular weight excluding hydrogens is 424 g/mol. The summed E-state index contributed by atoms with van der Waals surface area (Å²) in [7, 11) is 0. The number of nitrogens with zero attached hydrogens (tertiary/aromatic N) is 2. The average Bonchev–Trinajstić information content (AvgIpc) is 3.59. The number of hydrogen-bond donors (Lipinski definition) is 0. The second-order valence-corrected chi connectivity index (χ2v) is 9.84. The summed E-state index contributed by atoms with van der Waals surface area (Å²) >= 11 is 6.36. The van der Waals surface area contributed by atoms with Crippen molar-refractivity contribution < 1.29 is 14.4 Å². The third-order valence-electron chi connectivity index (χ3n) is 7.77. The van der Waals surface area contributed by atoms with Crippen LogP contribution in [0.1, 0.15) is 22.3 Å². The van der Waals surface area contributed by atoms with Gasteiger partial charge in [0.1, 0.15) is 6.67 Å². The van der Waals surface area contributed by atoms with E-state index in [-0.39, 0.29) is 48.1 Å². The number of likely N-dealkylation sites (tertiary alicyclic amines) is 1. The zero-order chi connectivity index (χ0) is 22.1. The molecule has 1 saturated heterocycles. The second kappa shape index (κ2) is 7.04. The predicted molar refractivity (Wildman–Crippen MR) is 121 cm³/mol. The van der Waals surface area contributed by atoms with Gasteiger partial charge in [0.15, 0.2) is 0 Å². The summed E-state index contributed by atoms with van der Waals surface area (Å²) in [5.74, 6) is 0.273. The fourth-order valence-corrected chi connectivity index (χ4v) is 6.22. The lowest BCUT2D eigenvalue weighted by Gasteiger charge is -2.37. The summed E-state index contributed by atoms with van der Waals surface area (Å²) in [5.41, 5.74) is 1.95. The molecule has 1 heterocycles. The van der Waals surface area contributed by atoms with E-state index < -0.39 is 0 Å². The molecule has 0 N–H and O–H groups in total. The number of carbonyl (C=O) groups is 3. The highest BCUT2D eigenvalue weighted by atomic mass is 35.5. The normalized spacial score (nSPS) is 31.5. The molecule has 4 aliphatic carbocycles. The first-order valence-corrected chi connectivity index (χ1v) is 11.5. The van der Waals surface area contributed by atoms with E-state index >= 15 is 0 Å². The van der Waals surface area contributed by atoms with Crippen LogP contribution in [0.25, 0.3) is 0 Å². The maximum atomic E-state index is 13.5. The molecule has 5 nitrogen and oxygen atoms in total. The molecule has 6 heteroatoms. The van der Waals surface area contributed by atoms with Gasteiger partial charge in [0.05, 0.1) is 11.8 Å². The van der Waals surface area contributed by atoms with Crippen LogP contribution in [-0.2, 0) is 9.59 Å². The van der Waals surface area contributed by atoms with Gasteiger partial charge < -0.3 is 0 Å². The Labute approximate surface area is 191 Å². The summed E-state index contributed by atoms with van der Waals surface area (Å²) in [6.07, 6.45) is 5.43. The first-order chi connectivity index (χ1) is 15.5. The minimum Gasteiger partial charge on any atom is -0.289 e. The van der Waals surface area contributed by atoms with Crippen molar-refractivity contribution in [1.82, 2.24) is 4.90 Å². The lowest BCUT2D eigenvalue weighted by atomic mass is 9.63. The molecule has 0 spiro atoms. The molecule has 0 unspecified atom stereocenters. The molecule has 162 valence electrons. The Morgan fingerprint density at radius 3 is 2.22 bits per heavy atom. The van der Waals surface area contributed by atoms with Crippen LogP contribution in [0.15, 0.2) is 60.7 Å². The second-order valence-electron chi connectivity index (χ2n) is 9.43. The van der Waals surface area contributed by atoms with Crippen LogP contribution in [0.4, 0.5) is 5.69 Å². The molecule has 0 radical (unpaired) electrons. The molecule has 7 rings (SSSR count). The maximum Gasteiger partial charge on any atom is 0.259 e. The number of allylic oxidation sites excluding steroid dienone is 2. The number of hydrogen-bond acceptors (Lipinski definition) is 3. The molecule has 3 amide bonds. The largest absolute Gasteiger partial charge is 0.289 e. The standard InChI is InChI=1S/C26H23ClN2O3/c1-14-7-8-16(11-21(14)27)28(24(30)15-5-3-2-4-6-15)13-29-25(31)22-17-9-10-18(20-12-19(17)20)23(22)26(29)32/h2-11,17-20,22-23H,12-13H2,1H3/t17-,18-,19-,20+,22+,23-/m1/s1. The molecule has 0 aromatic heterocycles. The van der Waals surface area contributed by atoms with E-state index in [0.29, 0.717) is 28.1 Å². The van der Waals surface area contributed by atoms with Crippen molar-refractivity contribution in [1.29, 1.82) is 0 Å². The summed E-state index contributed by atoms with van der Waals surface area (Å²) in [5, 5.41) is 0.531. The number of rotatable bonds is 4. The minimum absolute atomic E-state index is 0.105. The summed E-state index contributed by atoms with van der Waals surface area (Å²) < 4.78 is 0. The quantitative estimate of drug-likeness (QED) is 0.519. The minimum atomic E-state index is -0.281. The third kappa shape index (κ3) is 2.80. The van der Waals surface area contributed by atoms with Gasteiger partial charge in [0.2, 0.25) is 11.8 Å². The third-order valence-corrected chi connectivity index (χ3v) is 8.18. The lowest BCUT2D eigenvalue weighted by Crippen LogP contribution is -2.45. The van der Waals surface area contributed by atoms with Crippen LogP contribution >= 0.6 is 11.6 Å². The van der Waals surface area contributed by atoms with Crippen LogP contribution in [0.2, 0.25) is 5.02 Å². The summed E-state index contributed by atoms with van der Waals surface area (Å²) in [6.45, 7) is 1.79. The van der Waals surface area contributed by atoms with E-state index in [9.17, 15) is 14.4 Å². The zero-order valence-corrected chi connectivity index (χ0v) is 18.4. The topological polar surface area (TPSA) is 57.7 Å². The van der Waals surface area contributed by atoms with E-state index in [0.717, 1.165) is 12.0 Å². The highest BCUT2D eigenvalue weighted by molar-refractivity contribution is 6.31. The van der Waals surface area contributed by atoms with Crippen LogP contribution in [0, 0.1) is 42.4 Å². The Kier molecular flexibility index (Phi) is 4.34. The number of carbonyl (C=O) groups excluding carboxylic acids is 3. The van der Waals surface area contributed by atoms with Crippen molar-refractivity contribution in [2.45, 2.75) is 13.3 Å². The molecule has 6 atom stereocenters. The first kappa shape index (κ1) is 19.7. The van der Waals surface area contributed by atoms with Gasteiger partial charge in [0.25, 0.3) is 5.91 Å². The SMILES string of the molecule is Cc1ccc(N(CN2C(=O)[C@@H]3[C@@H]4C=C[C@H]([C@H]5C[C@@H]45)[C@@H]3C2=O)C(=O)c2ccccc2)cc1Cl. The maximum absolute atomic E-state index is 13.5. The van der Waals surface area contributed by atoms with Gasteiger partial charge in [-0.15, -0.1) is 0 Å². The van der Waals surface area contributed by atoms with Gasteiger partial charge in [0, 0.05) is 16.3 Å². The van der Waals surface area contributed by atoms with Crippen molar-refractivity contribution in [2.75, 3.05) is 11.6 Å². The predicted octanol–water partition coefficient (Wildman–Crippen LogP) is 4.31. The highest BCUT2D eigenvalue weighted by Crippen LogP contribution is 2.65. The van der Waals surface area contributed by atoms with Crippen LogP contribution in [-0.4, -0.2) is 29.3 Å². The zero-order valence-electron chi connectivity index (χ0n) is 17.6. The Balaban J connectivity index is 1.35. The average molecular weight is 447 g/mol. The van der Waals surface area contributed by atoms with Gasteiger partial charge in [-0.1, -0.05) is 48.0 Å². The number of aryl methyl sites for hydroxylation is 1. The molecule has 2 aromatic rings. The summed E-state index contributed by atoms with van der Waals surface area (Å²) in [6, 6.07) is 14.3. The number of amides is 3. The van der Waals surface area contributed by atoms with E-state index in [2.05, 4.69) is 12.2 Å². The van der Waals surface area contributed by atoms with Crippen LogP contribution < -0.4 is 4.90 Å². The number of benzene rings is 2. The number of imide groups is 1. The van der Waals surface area contributed by atoms with Gasteiger partial charge in [-0.2, -0.15) is 0 Å². The van der Waals surface area contributed by atoms with Crippen molar-refractivity contribution in [3.63, 3.8) is 0 Å². The van der Waals surface area contributed by atoms with Crippen molar-refractivity contribution >= 4 is 35.0 Å². The monoisotopic (exact) mass is 446 g/mol. The van der Waals surface area contributed by atoms with Crippen molar-refractivity contribution in [2.24, 2.45) is 35.5 Å². The Bertz CT molecular complexity index is 1140. The van der Waals surface area contributed by atoms with Gasteiger partial charge in [-0.05, 0) is 66.8 Å². The molecule has 2 bridgehead atoms. The first-order valence-electron chi connectivity index (χ1n) is 11.1. The molecule has 2 saturated carbocycles. The fraction of sp³-hybridized carbons (Fsp3) is 0.346. The molecule has 2 aromatic carbocycles. The van der Waals surface area contributed by atoms with E-state index in [1.54, 1.807) is 36.4 Å². The Morgan fingerprint density at radius 1 is 1.00 bits per heavy atom. The molecule has 1 aliphatic heterocycles. The molecule has 32 heavy (non-hydrogen) atoms. The fourth-order valence-electron chi connectivity index (χ4n) is 6.05. The molecule has 3 fully saturated rings. The van der Waals surface area contributed by atoms with Gasteiger partial charge in [-0.3, -0.25) is 24.2 Å². The molecular formula is C26H23ClN2O3. The lowest BCUT2D eigenvalue weighted by molar-refractivity contribution is -0.140. The van der Waals surface area contributed by atoms with E-state index in [4.69, 9.17) is 11.6 Å². The number of anilines is 1. The Hall–Kier alpha value is -2.92. The van der Waals surface area contributed by atoms with Crippen LogP contribution in [0.5, 0.6) is 0 Å². The Morgan fingerprint density at radius 2 is 1.62 bits per heavy atom. The van der Waals surface area contributed by atoms with Crippen LogP contribution in [0.3, 0.4) is 0 Å². The molecule has 5 aliphatic rings. The smallest absolute Gasteiger partial charge is 0.259 e. The highest BCUT2D eigenvalue weighted by Gasteiger charge is 2.67. The van der Waals surface area contributed by atoms with Gasteiger partial charge >= 0.3 is 0 Å². The van der Waals surface area contributed by atoms with E-state index in [1.807, 2.05) is 19.1 Å². The summed E-state index contributed by atoms with van der Waals surface area (Å²) in [4.78, 5) is 43.2.